The number of benzene rings is 2. The third-order valence-corrected chi connectivity index (χ3v) is 7.66. The van der Waals surface area contributed by atoms with Gasteiger partial charge in [-0.15, -0.1) is 11.3 Å². The summed E-state index contributed by atoms with van der Waals surface area (Å²) >= 11 is 1.66. The lowest BCUT2D eigenvalue weighted by Crippen LogP contribution is -2.37. The highest BCUT2D eigenvalue weighted by Crippen LogP contribution is 2.46. The second-order valence-corrected chi connectivity index (χ2v) is 9.98. The Morgan fingerprint density at radius 1 is 1.14 bits per heavy atom. The van der Waals surface area contributed by atoms with Gasteiger partial charge in [0.25, 0.3) is 5.91 Å². The number of halogens is 1. The van der Waals surface area contributed by atoms with Crippen molar-refractivity contribution in [1.82, 2.24) is 5.32 Å². The summed E-state index contributed by atoms with van der Waals surface area (Å²) in [7, 11) is 0. The second-order valence-electron chi connectivity index (χ2n) is 9.00. The zero-order valence-electron chi connectivity index (χ0n) is 20.1. The number of ether oxygens (including phenoxy) is 1. The van der Waals surface area contributed by atoms with Gasteiger partial charge in [-0.3, -0.25) is 9.59 Å². The van der Waals surface area contributed by atoms with Crippen LogP contribution in [0.3, 0.4) is 0 Å². The second kappa shape index (κ2) is 10.1. The van der Waals surface area contributed by atoms with Crippen LogP contribution in [0.1, 0.15) is 49.0 Å². The van der Waals surface area contributed by atoms with Gasteiger partial charge < -0.3 is 15.4 Å². The number of carbonyl (C=O) groups is 2. The zero-order valence-corrected chi connectivity index (χ0v) is 21.0. The maximum Gasteiger partial charge on any atom is 0.254 e. The number of anilines is 1. The highest BCUT2D eigenvalue weighted by molar-refractivity contribution is 7.10. The molecule has 2 heterocycles. The van der Waals surface area contributed by atoms with Crippen LogP contribution in [0.25, 0.3) is 0 Å². The summed E-state index contributed by atoms with van der Waals surface area (Å²) in [6.07, 6.45) is 1.09. The Morgan fingerprint density at radius 3 is 2.64 bits per heavy atom. The number of dihydropyridines is 1. The Kier molecular flexibility index (Phi) is 6.74. The quantitative estimate of drug-likeness (QED) is 0.416. The molecular weight excluding hydrogens is 475 g/mol. The van der Waals surface area contributed by atoms with Crippen LogP contribution in [-0.2, 0) is 9.59 Å². The fourth-order valence-electron chi connectivity index (χ4n) is 5.09. The largest absolute Gasteiger partial charge is 0.494 e. The Bertz CT molecular complexity index is 1360. The first-order valence-corrected chi connectivity index (χ1v) is 12.9. The highest BCUT2D eigenvalue weighted by Gasteiger charge is 2.41. The van der Waals surface area contributed by atoms with Gasteiger partial charge in [0.2, 0.25) is 0 Å². The minimum absolute atomic E-state index is 0.0320. The summed E-state index contributed by atoms with van der Waals surface area (Å²) in [5, 5.41) is 8.23. The number of thiophene rings is 1. The molecule has 36 heavy (non-hydrogen) atoms. The Hall–Kier alpha value is -3.71. The number of ketones is 1. The van der Waals surface area contributed by atoms with Gasteiger partial charge in [0.05, 0.1) is 6.61 Å². The number of nitrogens with one attached hydrogen (secondary N) is 2. The summed E-state index contributed by atoms with van der Waals surface area (Å²) in [5.41, 5.74) is 3.81. The topological polar surface area (TPSA) is 67.4 Å². The van der Waals surface area contributed by atoms with Gasteiger partial charge in [0.15, 0.2) is 5.78 Å². The smallest absolute Gasteiger partial charge is 0.254 e. The van der Waals surface area contributed by atoms with E-state index in [1.165, 1.54) is 17.0 Å². The Balaban J connectivity index is 1.55. The van der Waals surface area contributed by atoms with Gasteiger partial charge >= 0.3 is 0 Å². The monoisotopic (exact) mass is 502 g/mol. The van der Waals surface area contributed by atoms with Crippen molar-refractivity contribution < 1.29 is 18.7 Å². The van der Waals surface area contributed by atoms with Crippen LogP contribution >= 0.6 is 11.3 Å². The molecular formula is C29H27FN2O3S. The lowest BCUT2D eigenvalue weighted by molar-refractivity contribution is -0.116. The van der Waals surface area contributed by atoms with Crippen LogP contribution in [0.2, 0.25) is 0 Å². The van der Waals surface area contributed by atoms with Crippen molar-refractivity contribution in [3.63, 3.8) is 0 Å². The molecule has 0 fully saturated rings. The molecule has 2 atom stereocenters. The number of hydrogen-bond acceptors (Lipinski definition) is 5. The minimum atomic E-state index is -0.540. The molecule has 1 amide bonds. The molecule has 7 heteroatoms. The molecule has 0 bridgehead atoms. The van der Waals surface area contributed by atoms with E-state index < -0.39 is 11.7 Å². The predicted octanol–water partition coefficient (Wildman–Crippen LogP) is 6.29. The number of allylic oxidation sites excluding steroid dienone is 3. The van der Waals surface area contributed by atoms with Crippen LogP contribution in [0.4, 0.5) is 10.1 Å². The SMILES string of the molecule is CCOc1ccc(C2C(C(=O)Nc3cccc(F)c3)=C(C)NC3=C2C(=O)CC(c2cccs2)C3)cc1. The summed E-state index contributed by atoms with van der Waals surface area (Å²) in [4.78, 5) is 28.4. The van der Waals surface area contributed by atoms with Crippen molar-refractivity contribution in [3.05, 3.63) is 105 Å². The number of carbonyl (C=O) groups excluding carboxylic acids is 2. The molecule has 1 aliphatic heterocycles. The Labute approximate surface area is 213 Å². The molecule has 1 aromatic heterocycles. The van der Waals surface area contributed by atoms with E-state index >= 15 is 0 Å². The predicted molar refractivity (Wildman–Crippen MR) is 140 cm³/mol. The summed E-state index contributed by atoms with van der Waals surface area (Å²) < 4.78 is 19.4. The fourth-order valence-corrected chi connectivity index (χ4v) is 5.92. The van der Waals surface area contributed by atoms with Gasteiger partial charge in [0.1, 0.15) is 11.6 Å². The lowest BCUT2D eigenvalue weighted by atomic mass is 9.72. The van der Waals surface area contributed by atoms with E-state index in [2.05, 4.69) is 16.7 Å². The lowest BCUT2D eigenvalue weighted by Gasteiger charge is -2.36. The van der Waals surface area contributed by atoms with Gasteiger partial charge in [-0.2, -0.15) is 0 Å². The standard InChI is InChI=1S/C29H27FN2O3S/c1-3-35-22-11-9-18(10-12-22)27-26(29(34)32-21-7-4-6-20(30)16-21)17(2)31-23-14-19(15-24(33)28(23)27)25-8-5-13-36-25/h4-13,16,19,27,31H,3,14-15H2,1-2H3,(H,32,34). The molecule has 2 N–H and O–H groups in total. The first-order valence-electron chi connectivity index (χ1n) is 12.0. The van der Waals surface area contributed by atoms with E-state index in [9.17, 15) is 14.0 Å². The van der Waals surface area contributed by atoms with Crippen molar-refractivity contribution in [2.75, 3.05) is 11.9 Å². The van der Waals surface area contributed by atoms with Crippen molar-refractivity contribution in [3.8, 4) is 5.75 Å². The third-order valence-electron chi connectivity index (χ3n) is 6.62. The molecule has 1 aliphatic carbocycles. The van der Waals surface area contributed by atoms with E-state index in [4.69, 9.17) is 4.74 Å². The minimum Gasteiger partial charge on any atom is -0.494 e. The molecule has 184 valence electrons. The van der Waals surface area contributed by atoms with Gasteiger partial charge in [-0.1, -0.05) is 24.3 Å². The van der Waals surface area contributed by atoms with Crippen LogP contribution in [0, 0.1) is 5.82 Å². The van der Waals surface area contributed by atoms with Gasteiger partial charge in [0, 0.05) is 51.4 Å². The third kappa shape index (κ3) is 4.71. The molecule has 0 saturated heterocycles. The zero-order chi connectivity index (χ0) is 25.2. The van der Waals surface area contributed by atoms with E-state index in [0.29, 0.717) is 42.0 Å². The van der Waals surface area contributed by atoms with Crippen LogP contribution in [-0.4, -0.2) is 18.3 Å². The number of hydrogen-bond donors (Lipinski definition) is 2. The summed E-state index contributed by atoms with van der Waals surface area (Å²) in [5.74, 6) is -0.477. The number of Topliss-reactive ketones (excluding diaryl/α,β-unsaturated/α-hetero) is 1. The average molecular weight is 503 g/mol. The molecule has 5 rings (SSSR count). The van der Waals surface area contributed by atoms with E-state index in [1.807, 2.05) is 49.6 Å². The molecule has 2 aliphatic rings. The van der Waals surface area contributed by atoms with Crippen LogP contribution in [0.15, 0.2) is 88.6 Å². The maximum atomic E-state index is 13.8. The first kappa shape index (κ1) is 24.0. The van der Waals surface area contributed by atoms with Crippen molar-refractivity contribution in [1.29, 1.82) is 0 Å². The molecule has 0 saturated carbocycles. The molecule has 2 aromatic carbocycles. The normalized spacial score (nSPS) is 19.6. The molecule has 0 radical (unpaired) electrons. The van der Waals surface area contributed by atoms with E-state index in [1.54, 1.807) is 23.5 Å². The van der Waals surface area contributed by atoms with Gasteiger partial charge in [-0.25, -0.2) is 4.39 Å². The van der Waals surface area contributed by atoms with Crippen molar-refractivity contribution >= 4 is 28.7 Å². The van der Waals surface area contributed by atoms with Crippen molar-refractivity contribution in [2.24, 2.45) is 0 Å². The highest BCUT2D eigenvalue weighted by atomic mass is 32.1. The average Bonchev–Trinajstić information content (AvgIpc) is 3.39. The molecule has 0 spiro atoms. The van der Waals surface area contributed by atoms with Crippen molar-refractivity contribution in [2.45, 2.75) is 38.5 Å². The molecule has 3 aromatic rings. The fraction of sp³-hybridized carbons (Fsp3) is 0.241. The molecule has 2 unspecified atom stereocenters. The van der Waals surface area contributed by atoms with E-state index in [0.717, 1.165) is 17.0 Å². The van der Waals surface area contributed by atoms with E-state index in [-0.39, 0.29) is 17.6 Å². The van der Waals surface area contributed by atoms with Gasteiger partial charge in [-0.05, 0) is 67.6 Å². The van der Waals surface area contributed by atoms with Crippen LogP contribution in [0.5, 0.6) is 5.75 Å². The maximum absolute atomic E-state index is 13.8. The number of amides is 1. The number of rotatable bonds is 6. The molecule has 5 nitrogen and oxygen atoms in total. The summed E-state index contributed by atoms with van der Waals surface area (Å²) in [6, 6.07) is 17.4. The summed E-state index contributed by atoms with van der Waals surface area (Å²) in [6.45, 7) is 4.32. The first-order chi connectivity index (χ1) is 17.4. The van der Waals surface area contributed by atoms with Crippen LogP contribution < -0.4 is 15.4 Å². The Morgan fingerprint density at radius 2 is 1.94 bits per heavy atom.